The second-order valence-electron chi connectivity index (χ2n) is 3.79. The molecule has 4 heteroatoms. The van der Waals surface area contributed by atoms with Gasteiger partial charge >= 0.3 is 0 Å². The molecule has 1 rings (SSSR count). The highest BCUT2D eigenvalue weighted by molar-refractivity contribution is 5.38. The fourth-order valence-corrected chi connectivity index (χ4v) is 1.22. The van der Waals surface area contributed by atoms with Crippen molar-refractivity contribution in [2.75, 3.05) is 18.5 Å². The summed E-state index contributed by atoms with van der Waals surface area (Å²) in [6.07, 6.45) is 2.09. The molecule has 0 aliphatic rings. The van der Waals surface area contributed by atoms with E-state index in [0.29, 0.717) is 18.9 Å². The van der Waals surface area contributed by atoms with Gasteiger partial charge in [0.25, 0.3) is 0 Å². The average molecular weight is 204 g/mol. The Labute approximate surface area is 90.6 Å². The van der Waals surface area contributed by atoms with Crippen LogP contribution >= 0.6 is 0 Å². The molecule has 0 aromatic carbocycles. The predicted molar refractivity (Wildman–Crippen MR) is 59.6 cm³/mol. The summed E-state index contributed by atoms with van der Waals surface area (Å²) < 4.78 is 0. The zero-order valence-electron chi connectivity index (χ0n) is 9.44. The molecule has 0 N–H and O–H groups in total. The maximum atomic E-state index is 8.50. The molecule has 4 nitrogen and oxygen atoms in total. The third kappa shape index (κ3) is 3.21. The quantitative estimate of drug-likeness (QED) is 0.752. The van der Waals surface area contributed by atoms with Crippen LogP contribution in [0.2, 0.25) is 0 Å². The molecular formula is C11H16N4. The number of nitriles is 1. The first-order valence-electron chi connectivity index (χ1n) is 5.05. The summed E-state index contributed by atoms with van der Waals surface area (Å²) in [5.74, 6) is 1.28. The fraction of sp³-hybridized carbons (Fsp3) is 0.545. The highest BCUT2D eigenvalue weighted by atomic mass is 15.2. The maximum absolute atomic E-state index is 8.50. The Morgan fingerprint density at radius 3 is 2.80 bits per heavy atom. The summed E-state index contributed by atoms with van der Waals surface area (Å²) >= 11 is 0. The zero-order chi connectivity index (χ0) is 11.3. The standard InChI is InChI=1S/C11H16N4/c1-9(2)10-7-11(14-8-13-10)15(3)6-4-5-12/h7-9H,4,6H2,1-3H3. The zero-order valence-corrected chi connectivity index (χ0v) is 9.44. The Morgan fingerprint density at radius 2 is 2.20 bits per heavy atom. The van der Waals surface area contributed by atoms with Crippen molar-refractivity contribution in [1.29, 1.82) is 5.26 Å². The van der Waals surface area contributed by atoms with Gasteiger partial charge in [-0.1, -0.05) is 13.8 Å². The van der Waals surface area contributed by atoms with Crippen LogP contribution in [0.4, 0.5) is 5.82 Å². The number of anilines is 1. The van der Waals surface area contributed by atoms with Gasteiger partial charge in [-0.2, -0.15) is 5.26 Å². The summed E-state index contributed by atoms with van der Waals surface area (Å²) in [7, 11) is 1.93. The molecule has 0 aliphatic heterocycles. The summed E-state index contributed by atoms with van der Waals surface area (Å²) in [6.45, 7) is 4.90. The molecule has 0 bridgehead atoms. The molecule has 0 saturated carbocycles. The number of aromatic nitrogens is 2. The first-order chi connectivity index (χ1) is 7.15. The Morgan fingerprint density at radius 1 is 1.47 bits per heavy atom. The summed E-state index contributed by atoms with van der Waals surface area (Å²) in [5.41, 5.74) is 1.03. The maximum Gasteiger partial charge on any atom is 0.131 e. The number of nitrogens with zero attached hydrogens (tertiary/aromatic N) is 4. The van der Waals surface area contributed by atoms with E-state index in [1.165, 1.54) is 0 Å². The minimum Gasteiger partial charge on any atom is -0.359 e. The summed E-state index contributed by atoms with van der Waals surface area (Å²) in [5, 5.41) is 8.50. The SMILES string of the molecule is CC(C)c1cc(N(C)CCC#N)ncn1. The van der Waals surface area contributed by atoms with Crippen molar-refractivity contribution in [3.8, 4) is 6.07 Å². The van der Waals surface area contributed by atoms with Crippen LogP contribution in [-0.2, 0) is 0 Å². The van der Waals surface area contributed by atoms with Crippen molar-refractivity contribution in [2.24, 2.45) is 0 Å². The van der Waals surface area contributed by atoms with E-state index in [1.54, 1.807) is 6.33 Å². The van der Waals surface area contributed by atoms with E-state index in [4.69, 9.17) is 5.26 Å². The Hall–Kier alpha value is -1.63. The van der Waals surface area contributed by atoms with Gasteiger partial charge in [0.1, 0.15) is 12.1 Å². The van der Waals surface area contributed by atoms with Crippen LogP contribution in [0.5, 0.6) is 0 Å². The molecular weight excluding hydrogens is 188 g/mol. The van der Waals surface area contributed by atoms with Gasteiger partial charge in [0.05, 0.1) is 12.5 Å². The molecule has 0 radical (unpaired) electrons. The van der Waals surface area contributed by atoms with Gasteiger partial charge in [-0.3, -0.25) is 0 Å². The van der Waals surface area contributed by atoms with Crippen molar-refractivity contribution in [3.63, 3.8) is 0 Å². The van der Waals surface area contributed by atoms with E-state index < -0.39 is 0 Å². The first kappa shape index (κ1) is 11.4. The van der Waals surface area contributed by atoms with E-state index in [2.05, 4.69) is 29.9 Å². The second kappa shape index (κ2) is 5.30. The van der Waals surface area contributed by atoms with Crippen LogP contribution in [0.25, 0.3) is 0 Å². The molecule has 0 atom stereocenters. The Bertz CT molecular complexity index is 354. The number of hydrogen-bond donors (Lipinski definition) is 0. The highest BCUT2D eigenvalue weighted by Crippen LogP contribution is 2.15. The predicted octanol–water partition coefficient (Wildman–Crippen LogP) is 1.95. The minimum atomic E-state index is 0.399. The number of hydrogen-bond acceptors (Lipinski definition) is 4. The van der Waals surface area contributed by atoms with Crippen LogP contribution in [0.3, 0.4) is 0 Å². The van der Waals surface area contributed by atoms with Gasteiger partial charge in [-0.05, 0) is 5.92 Å². The minimum absolute atomic E-state index is 0.399. The van der Waals surface area contributed by atoms with Crippen LogP contribution in [0.1, 0.15) is 31.9 Å². The molecule has 0 amide bonds. The molecule has 0 saturated heterocycles. The summed E-state index contributed by atoms with van der Waals surface area (Å²) in [6, 6.07) is 4.09. The van der Waals surface area contributed by atoms with E-state index in [0.717, 1.165) is 11.5 Å². The van der Waals surface area contributed by atoms with Crippen molar-refractivity contribution >= 4 is 5.82 Å². The molecule has 80 valence electrons. The molecule has 0 unspecified atom stereocenters. The van der Waals surface area contributed by atoms with Crippen LogP contribution in [0, 0.1) is 11.3 Å². The van der Waals surface area contributed by atoms with E-state index in [9.17, 15) is 0 Å². The second-order valence-corrected chi connectivity index (χ2v) is 3.79. The summed E-state index contributed by atoms with van der Waals surface area (Å²) in [4.78, 5) is 10.3. The van der Waals surface area contributed by atoms with Crippen LogP contribution in [0.15, 0.2) is 12.4 Å². The lowest BCUT2D eigenvalue weighted by atomic mass is 10.1. The van der Waals surface area contributed by atoms with Gasteiger partial charge in [0.15, 0.2) is 0 Å². The molecule has 15 heavy (non-hydrogen) atoms. The third-order valence-corrected chi connectivity index (χ3v) is 2.22. The average Bonchev–Trinajstić information content (AvgIpc) is 2.26. The van der Waals surface area contributed by atoms with Gasteiger partial charge in [0, 0.05) is 25.4 Å². The Balaban J connectivity index is 2.77. The van der Waals surface area contributed by atoms with Gasteiger partial charge < -0.3 is 4.90 Å². The topological polar surface area (TPSA) is 52.8 Å². The van der Waals surface area contributed by atoms with Crippen LogP contribution in [-0.4, -0.2) is 23.6 Å². The Kier molecular flexibility index (Phi) is 4.04. The number of rotatable bonds is 4. The molecule has 1 aromatic rings. The lowest BCUT2D eigenvalue weighted by Crippen LogP contribution is -2.19. The van der Waals surface area contributed by atoms with Gasteiger partial charge in [-0.25, -0.2) is 9.97 Å². The molecule has 1 aromatic heterocycles. The smallest absolute Gasteiger partial charge is 0.131 e. The van der Waals surface area contributed by atoms with Crippen molar-refractivity contribution in [2.45, 2.75) is 26.2 Å². The lowest BCUT2D eigenvalue weighted by molar-refractivity contribution is 0.802. The lowest BCUT2D eigenvalue weighted by Gasteiger charge is -2.17. The first-order valence-corrected chi connectivity index (χ1v) is 5.05. The molecule has 0 fully saturated rings. The monoisotopic (exact) mass is 204 g/mol. The van der Waals surface area contributed by atoms with Crippen LogP contribution < -0.4 is 4.90 Å². The molecule has 1 heterocycles. The van der Waals surface area contributed by atoms with Crippen molar-refractivity contribution < 1.29 is 0 Å². The fourth-order valence-electron chi connectivity index (χ4n) is 1.22. The molecule has 0 aliphatic carbocycles. The van der Waals surface area contributed by atoms with Crippen molar-refractivity contribution in [3.05, 3.63) is 18.1 Å². The van der Waals surface area contributed by atoms with Gasteiger partial charge in [0.2, 0.25) is 0 Å². The van der Waals surface area contributed by atoms with E-state index in [1.807, 2.05) is 18.0 Å². The van der Waals surface area contributed by atoms with E-state index >= 15 is 0 Å². The van der Waals surface area contributed by atoms with E-state index in [-0.39, 0.29) is 0 Å². The normalized spacial score (nSPS) is 10.1. The van der Waals surface area contributed by atoms with Gasteiger partial charge in [-0.15, -0.1) is 0 Å². The largest absolute Gasteiger partial charge is 0.359 e. The molecule has 0 spiro atoms. The van der Waals surface area contributed by atoms with Crippen molar-refractivity contribution in [1.82, 2.24) is 9.97 Å². The third-order valence-electron chi connectivity index (χ3n) is 2.22. The highest BCUT2D eigenvalue weighted by Gasteiger charge is 2.06.